The van der Waals surface area contributed by atoms with Crippen molar-refractivity contribution in [3.05, 3.63) is 35.4 Å². The molecule has 0 amide bonds. The van der Waals surface area contributed by atoms with Gasteiger partial charge in [-0.05, 0) is 18.6 Å². The second-order valence-electron chi connectivity index (χ2n) is 2.55. The molecule has 12 heavy (non-hydrogen) atoms. The maximum Gasteiger partial charge on any atom is 0.0994 e. The molecule has 0 saturated carbocycles. The number of nitrogens with zero attached hydrogens (tertiary/aromatic N) is 2. The normalized spacial score (nSPS) is 11.2. The first-order chi connectivity index (χ1) is 5.79. The van der Waals surface area contributed by atoms with Crippen molar-refractivity contribution in [2.45, 2.75) is 12.8 Å². The van der Waals surface area contributed by atoms with Crippen LogP contribution in [0.25, 0.3) is 0 Å². The molecule has 0 aliphatic rings. The lowest BCUT2D eigenvalue weighted by molar-refractivity contribution is 0.976. The molecular formula is C10H8N2. The van der Waals surface area contributed by atoms with Gasteiger partial charge in [0.15, 0.2) is 0 Å². The summed E-state index contributed by atoms with van der Waals surface area (Å²) in [5.41, 5.74) is 1.40. The third-order valence-electron chi connectivity index (χ3n) is 1.74. The molecule has 0 fully saturated rings. The quantitative estimate of drug-likeness (QED) is 0.625. The van der Waals surface area contributed by atoms with Crippen LogP contribution in [0.3, 0.4) is 0 Å². The summed E-state index contributed by atoms with van der Waals surface area (Å²) in [5.74, 6) is -0.208. The Balaban J connectivity index is 3.18. The van der Waals surface area contributed by atoms with Crippen molar-refractivity contribution in [1.82, 2.24) is 0 Å². The molecule has 0 saturated heterocycles. The highest BCUT2D eigenvalue weighted by Gasteiger charge is 2.07. The fourth-order valence-electron chi connectivity index (χ4n) is 1.05. The van der Waals surface area contributed by atoms with Crippen LogP contribution in [-0.4, -0.2) is 0 Å². The Morgan fingerprint density at radius 2 is 1.92 bits per heavy atom. The smallest absolute Gasteiger partial charge is 0.0994 e. The van der Waals surface area contributed by atoms with Gasteiger partial charge in [-0.1, -0.05) is 18.2 Å². The standard InChI is InChI=1S/C10H8N2/c1-8(6-11)10-5-3-2-4-9(10)7-12/h2-5,8H,1H3/t8-/m1/s1. The predicted molar refractivity (Wildman–Crippen MR) is 45.2 cm³/mol. The summed E-state index contributed by atoms with van der Waals surface area (Å²) in [4.78, 5) is 0. The maximum atomic E-state index is 8.70. The van der Waals surface area contributed by atoms with Gasteiger partial charge in [0.25, 0.3) is 0 Å². The Labute approximate surface area is 71.7 Å². The lowest BCUT2D eigenvalue weighted by Gasteiger charge is -2.03. The molecule has 0 N–H and O–H groups in total. The Morgan fingerprint density at radius 3 is 2.50 bits per heavy atom. The molecule has 0 spiro atoms. The van der Waals surface area contributed by atoms with E-state index < -0.39 is 0 Å². The minimum atomic E-state index is -0.208. The summed E-state index contributed by atoms with van der Waals surface area (Å²) < 4.78 is 0. The van der Waals surface area contributed by atoms with Crippen LogP contribution in [0.4, 0.5) is 0 Å². The molecule has 2 nitrogen and oxygen atoms in total. The summed E-state index contributed by atoms with van der Waals surface area (Å²) in [6.45, 7) is 1.79. The number of rotatable bonds is 1. The number of hydrogen-bond donors (Lipinski definition) is 0. The van der Waals surface area contributed by atoms with E-state index in [4.69, 9.17) is 10.5 Å². The molecule has 0 radical (unpaired) electrons. The zero-order valence-electron chi connectivity index (χ0n) is 6.78. The summed E-state index contributed by atoms with van der Waals surface area (Å²) >= 11 is 0. The van der Waals surface area contributed by atoms with E-state index in [9.17, 15) is 0 Å². The van der Waals surface area contributed by atoms with E-state index in [1.165, 1.54) is 0 Å². The molecule has 58 valence electrons. The Bertz CT molecular complexity index is 355. The number of nitriles is 2. The van der Waals surface area contributed by atoms with Crippen molar-refractivity contribution in [1.29, 1.82) is 10.5 Å². The fourth-order valence-corrected chi connectivity index (χ4v) is 1.05. The van der Waals surface area contributed by atoms with E-state index in [1.54, 1.807) is 19.1 Å². The molecule has 2 heteroatoms. The van der Waals surface area contributed by atoms with E-state index in [2.05, 4.69) is 12.1 Å². The maximum absolute atomic E-state index is 8.70. The lowest BCUT2D eigenvalue weighted by atomic mass is 9.98. The average Bonchev–Trinajstić information content (AvgIpc) is 2.16. The van der Waals surface area contributed by atoms with Gasteiger partial charge >= 0.3 is 0 Å². The Hall–Kier alpha value is -1.80. The largest absolute Gasteiger partial charge is 0.198 e. The van der Waals surface area contributed by atoms with Crippen molar-refractivity contribution in [3.63, 3.8) is 0 Å². The van der Waals surface area contributed by atoms with Crippen LogP contribution in [0.1, 0.15) is 24.0 Å². The topological polar surface area (TPSA) is 47.6 Å². The zero-order chi connectivity index (χ0) is 8.97. The second-order valence-corrected chi connectivity index (χ2v) is 2.55. The molecule has 1 atom stereocenters. The van der Waals surface area contributed by atoms with Gasteiger partial charge in [-0.3, -0.25) is 0 Å². The van der Waals surface area contributed by atoms with Crippen molar-refractivity contribution in [2.75, 3.05) is 0 Å². The van der Waals surface area contributed by atoms with E-state index >= 15 is 0 Å². The molecule has 0 unspecified atom stereocenters. The molecule has 0 aliphatic carbocycles. The molecule has 1 aromatic rings. The van der Waals surface area contributed by atoms with Gasteiger partial charge in [0.05, 0.1) is 23.6 Å². The van der Waals surface area contributed by atoms with E-state index in [1.807, 2.05) is 12.1 Å². The van der Waals surface area contributed by atoms with Crippen molar-refractivity contribution < 1.29 is 0 Å². The van der Waals surface area contributed by atoms with Crippen molar-refractivity contribution >= 4 is 0 Å². The summed E-state index contributed by atoms with van der Waals surface area (Å²) in [6, 6.07) is 11.3. The summed E-state index contributed by atoms with van der Waals surface area (Å²) in [7, 11) is 0. The van der Waals surface area contributed by atoms with Crippen LogP contribution in [-0.2, 0) is 0 Å². The minimum absolute atomic E-state index is 0.208. The minimum Gasteiger partial charge on any atom is -0.198 e. The number of benzene rings is 1. The number of hydrogen-bond acceptors (Lipinski definition) is 2. The molecule has 1 rings (SSSR count). The van der Waals surface area contributed by atoms with Gasteiger partial charge in [0.2, 0.25) is 0 Å². The van der Waals surface area contributed by atoms with Crippen molar-refractivity contribution in [3.8, 4) is 12.1 Å². The van der Waals surface area contributed by atoms with Gasteiger partial charge in [-0.15, -0.1) is 0 Å². The highest BCUT2D eigenvalue weighted by Crippen LogP contribution is 2.17. The first kappa shape index (κ1) is 8.30. The first-order valence-corrected chi connectivity index (χ1v) is 3.68. The first-order valence-electron chi connectivity index (χ1n) is 3.68. The highest BCUT2D eigenvalue weighted by molar-refractivity contribution is 5.41. The van der Waals surface area contributed by atoms with Crippen LogP contribution >= 0.6 is 0 Å². The average molecular weight is 156 g/mol. The van der Waals surface area contributed by atoms with Gasteiger partial charge in [0, 0.05) is 0 Å². The lowest BCUT2D eigenvalue weighted by Crippen LogP contribution is -1.92. The monoisotopic (exact) mass is 156 g/mol. The van der Waals surface area contributed by atoms with Crippen LogP contribution in [0.5, 0.6) is 0 Å². The van der Waals surface area contributed by atoms with Crippen LogP contribution in [0.2, 0.25) is 0 Å². The molecule has 1 aromatic carbocycles. The van der Waals surface area contributed by atoms with Gasteiger partial charge in [0.1, 0.15) is 0 Å². The second kappa shape index (κ2) is 3.55. The van der Waals surface area contributed by atoms with E-state index in [-0.39, 0.29) is 5.92 Å². The molecule has 0 aliphatic heterocycles. The van der Waals surface area contributed by atoms with Crippen LogP contribution in [0.15, 0.2) is 24.3 Å². The van der Waals surface area contributed by atoms with E-state index in [0.717, 1.165) is 5.56 Å². The predicted octanol–water partition coefficient (Wildman–Crippen LogP) is 2.19. The summed E-state index contributed by atoms with van der Waals surface area (Å²) in [5, 5.41) is 17.4. The highest BCUT2D eigenvalue weighted by atomic mass is 14.3. The van der Waals surface area contributed by atoms with Crippen LogP contribution in [0, 0.1) is 22.7 Å². The molecule has 0 heterocycles. The summed E-state index contributed by atoms with van der Waals surface area (Å²) in [6.07, 6.45) is 0. The van der Waals surface area contributed by atoms with Crippen LogP contribution < -0.4 is 0 Å². The third kappa shape index (κ3) is 1.44. The molecular weight excluding hydrogens is 148 g/mol. The zero-order valence-corrected chi connectivity index (χ0v) is 6.78. The molecule has 0 aromatic heterocycles. The van der Waals surface area contributed by atoms with Gasteiger partial charge in [-0.25, -0.2) is 0 Å². The van der Waals surface area contributed by atoms with Gasteiger partial charge < -0.3 is 0 Å². The fraction of sp³-hybridized carbons (Fsp3) is 0.200. The Morgan fingerprint density at radius 1 is 1.25 bits per heavy atom. The van der Waals surface area contributed by atoms with E-state index in [0.29, 0.717) is 5.56 Å². The van der Waals surface area contributed by atoms with Gasteiger partial charge in [-0.2, -0.15) is 10.5 Å². The van der Waals surface area contributed by atoms with Crippen molar-refractivity contribution in [2.24, 2.45) is 0 Å². The molecule has 0 bridgehead atoms. The third-order valence-corrected chi connectivity index (χ3v) is 1.74. The SMILES string of the molecule is C[C@H](C#N)c1ccccc1C#N. The Kier molecular flexibility index (Phi) is 2.46.